The Morgan fingerprint density at radius 2 is 2.12 bits per heavy atom. The molecule has 0 radical (unpaired) electrons. The molecule has 6 heteroatoms. The molecule has 2 unspecified atom stereocenters. The third-order valence-corrected chi connectivity index (χ3v) is 4.24. The predicted molar refractivity (Wildman–Crippen MR) is 65.4 cm³/mol. The first-order chi connectivity index (χ1) is 7.41. The lowest BCUT2D eigenvalue weighted by Gasteiger charge is -2.08. The second-order valence-electron chi connectivity index (χ2n) is 3.24. The molecule has 3 nitrogen and oxygen atoms in total. The van der Waals surface area contributed by atoms with Crippen LogP contribution in [0.4, 0.5) is 0 Å². The fourth-order valence-electron chi connectivity index (χ4n) is 1.04. The minimum Gasteiger partial charge on any atom is -0.480 e. The monoisotopic (exact) mass is 280 g/mol. The van der Waals surface area contributed by atoms with Crippen LogP contribution >= 0.6 is 23.2 Å². The summed E-state index contributed by atoms with van der Waals surface area (Å²) in [5.41, 5.74) is 0.598. The van der Waals surface area contributed by atoms with E-state index in [9.17, 15) is 9.00 Å². The summed E-state index contributed by atoms with van der Waals surface area (Å²) in [7, 11) is -1.51. The first-order valence-corrected chi connectivity index (χ1v) is 6.59. The molecule has 1 rings (SSSR count). The lowest BCUT2D eigenvalue weighted by atomic mass is 10.2. The molecule has 0 heterocycles. The van der Waals surface area contributed by atoms with Crippen LogP contribution in [0, 0.1) is 0 Å². The first kappa shape index (κ1) is 13.5. The second-order valence-corrected chi connectivity index (χ2v) is 5.84. The third-order valence-electron chi connectivity index (χ3n) is 2.05. The van der Waals surface area contributed by atoms with Gasteiger partial charge in [-0.2, -0.15) is 0 Å². The second kappa shape index (κ2) is 5.66. The number of hydrogen-bond acceptors (Lipinski definition) is 2. The summed E-state index contributed by atoms with van der Waals surface area (Å²) in [6.07, 6.45) is 0. The van der Waals surface area contributed by atoms with Crippen LogP contribution in [0.3, 0.4) is 0 Å². The number of carboxylic acid groups (broad SMARTS) is 1. The van der Waals surface area contributed by atoms with Crippen LogP contribution in [0.2, 0.25) is 10.0 Å². The maximum absolute atomic E-state index is 11.6. The summed E-state index contributed by atoms with van der Waals surface area (Å²) in [6, 6.07) is 4.81. The summed E-state index contributed by atoms with van der Waals surface area (Å²) < 4.78 is 11.6. The highest BCUT2D eigenvalue weighted by atomic mass is 35.5. The van der Waals surface area contributed by atoms with Crippen LogP contribution in [-0.2, 0) is 21.3 Å². The topological polar surface area (TPSA) is 54.4 Å². The molecule has 0 amide bonds. The molecule has 0 saturated heterocycles. The van der Waals surface area contributed by atoms with Gasteiger partial charge < -0.3 is 5.11 Å². The zero-order valence-corrected chi connectivity index (χ0v) is 10.8. The predicted octanol–water partition coefficient (Wildman–Crippen LogP) is 2.72. The third kappa shape index (κ3) is 3.47. The van der Waals surface area contributed by atoms with Gasteiger partial charge in [-0.15, -0.1) is 0 Å². The number of carboxylic acids is 1. The number of benzene rings is 1. The van der Waals surface area contributed by atoms with Crippen molar-refractivity contribution in [2.24, 2.45) is 0 Å². The quantitative estimate of drug-likeness (QED) is 0.923. The molecule has 0 spiro atoms. The first-order valence-electron chi connectivity index (χ1n) is 4.45. The van der Waals surface area contributed by atoms with Crippen molar-refractivity contribution in [3.8, 4) is 0 Å². The van der Waals surface area contributed by atoms with Gasteiger partial charge in [0, 0.05) is 20.8 Å². The average Bonchev–Trinajstić information content (AvgIpc) is 2.22. The molecule has 0 aliphatic carbocycles. The Balaban J connectivity index is 2.84. The molecule has 2 atom stereocenters. The van der Waals surface area contributed by atoms with Gasteiger partial charge in [0.25, 0.3) is 0 Å². The summed E-state index contributed by atoms with van der Waals surface area (Å²) in [5.74, 6) is -0.996. The van der Waals surface area contributed by atoms with Crippen LogP contribution in [-0.4, -0.2) is 20.5 Å². The Bertz CT molecular complexity index is 434. The molecule has 1 aromatic carbocycles. The van der Waals surface area contributed by atoms with Gasteiger partial charge in [0.15, 0.2) is 0 Å². The van der Waals surface area contributed by atoms with Crippen LogP contribution in [0.25, 0.3) is 0 Å². The Morgan fingerprint density at radius 3 is 2.69 bits per heavy atom. The van der Waals surface area contributed by atoms with E-state index >= 15 is 0 Å². The number of hydrogen-bond donors (Lipinski definition) is 1. The number of rotatable bonds is 4. The van der Waals surface area contributed by atoms with E-state index in [1.54, 1.807) is 18.2 Å². The van der Waals surface area contributed by atoms with Gasteiger partial charge in [0.2, 0.25) is 0 Å². The average molecular weight is 281 g/mol. The van der Waals surface area contributed by atoms with Crippen molar-refractivity contribution >= 4 is 40.0 Å². The van der Waals surface area contributed by atoms with Gasteiger partial charge in [-0.1, -0.05) is 23.2 Å². The smallest absolute Gasteiger partial charge is 0.318 e. The molecular weight excluding hydrogens is 271 g/mol. The fraction of sp³-hybridized carbons (Fsp3) is 0.300. The van der Waals surface area contributed by atoms with E-state index in [0.29, 0.717) is 15.6 Å². The molecule has 1 aromatic rings. The number of aliphatic carboxylic acids is 1. The standard InChI is InChI=1S/C10H10Cl2O3S/c1-6(10(13)14)16(15)5-7-4-8(11)2-3-9(7)12/h2-4,6H,5H2,1H3,(H,13,14). The van der Waals surface area contributed by atoms with Gasteiger partial charge in [-0.05, 0) is 30.7 Å². The molecule has 1 N–H and O–H groups in total. The molecular formula is C10H10Cl2O3S. The minimum atomic E-state index is -1.51. The van der Waals surface area contributed by atoms with E-state index < -0.39 is 22.0 Å². The van der Waals surface area contributed by atoms with Crippen LogP contribution in [0.15, 0.2) is 18.2 Å². The highest BCUT2D eigenvalue weighted by Crippen LogP contribution is 2.22. The van der Waals surface area contributed by atoms with Gasteiger partial charge in [0.05, 0.1) is 5.75 Å². The number of halogens is 2. The highest BCUT2D eigenvalue weighted by molar-refractivity contribution is 7.85. The fourth-order valence-corrected chi connectivity index (χ4v) is 2.52. The van der Waals surface area contributed by atoms with Gasteiger partial charge in [0.1, 0.15) is 5.25 Å². The molecule has 0 saturated carbocycles. The van der Waals surface area contributed by atoms with Gasteiger partial charge >= 0.3 is 5.97 Å². The Hall–Kier alpha value is -0.580. The summed E-state index contributed by atoms with van der Waals surface area (Å²) in [4.78, 5) is 10.6. The van der Waals surface area contributed by atoms with Crippen molar-refractivity contribution in [2.45, 2.75) is 17.9 Å². The highest BCUT2D eigenvalue weighted by Gasteiger charge is 2.19. The SMILES string of the molecule is CC(C(=O)O)S(=O)Cc1cc(Cl)ccc1Cl. The van der Waals surface area contributed by atoms with Gasteiger partial charge in [-0.25, -0.2) is 0 Å². The molecule has 16 heavy (non-hydrogen) atoms. The molecule has 0 aliphatic rings. The molecule has 0 fully saturated rings. The normalized spacial score (nSPS) is 14.4. The van der Waals surface area contributed by atoms with Crippen molar-refractivity contribution in [1.82, 2.24) is 0 Å². The Kier molecular flexibility index (Phi) is 4.77. The van der Waals surface area contributed by atoms with Crippen molar-refractivity contribution < 1.29 is 14.1 Å². The van der Waals surface area contributed by atoms with E-state index in [0.717, 1.165) is 0 Å². The van der Waals surface area contributed by atoms with Crippen LogP contribution in [0.5, 0.6) is 0 Å². The van der Waals surface area contributed by atoms with Crippen molar-refractivity contribution in [2.75, 3.05) is 0 Å². The molecule has 0 bridgehead atoms. The molecule has 88 valence electrons. The Labute approximate surface area is 106 Å². The Morgan fingerprint density at radius 1 is 1.50 bits per heavy atom. The zero-order chi connectivity index (χ0) is 12.3. The number of carbonyl (C=O) groups is 1. The van der Waals surface area contributed by atoms with E-state index in [4.69, 9.17) is 28.3 Å². The van der Waals surface area contributed by atoms with E-state index in [1.165, 1.54) is 6.92 Å². The van der Waals surface area contributed by atoms with Crippen molar-refractivity contribution in [3.05, 3.63) is 33.8 Å². The summed E-state index contributed by atoms with van der Waals surface area (Å²) in [6.45, 7) is 1.40. The lowest BCUT2D eigenvalue weighted by Crippen LogP contribution is -2.22. The van der Waals surface area contributed by atoms with E-state index in [-0.39, 0.29) is 5.75 Å². The maximum atomic E-state index is 11.6. The van der Waals surface area contributed by atoms with E-state index in [1.807, 2.05) is 0 Å². The van der Waals surface area contributed by atoms with Crippen LogP contribution < -0.4 is 0 Å². The van der Waals surface area contributed by atoms with Crippen molar-refractivity contribution in [3.63, 3.8) is 0 Å². The van der Waals surface area contributed by atoms with Gasteiger partial charge in [-0.3, -0.25) is 9.00 Å². The lowest BCUT2D eigenvalue weighted by molar-refractivity contribution is -0.136. The maximum Gasteiger partial charge on any atom is 0.318 e. The van der Waals surface area contributed by atoms with Crippen molar-refractivity contribution in [1.29, 1.82) is 0 Å². The largest absolute Gasteiger partial charge is 0.480 e. The van der Waals surface area contributed by atoms with Crippen LogP contribution in [0.1, 0.15) is 12.5 Å². The summed E-state index contributed by atoms with van der Waals surface area (Å²) >= 11 is 11.7. The van der Waals surface area contributed by atoms with E-state index in [2.05, 4.69) is 0 Å². The molecule has 0 aromatic heterocycles. The summed E-state index contributed by atoms with van der Waals surface area (Å²) in [5, 5.41) is 8.71. The zero-order valence-electron chi connectivity index (χ0n) is 8.44. The minimum absolute atomic E-state index is 0.0901. The molecule has 0 aliphatic heterocycles.